The number of aliphatic hydroxyl groups is 1. The standard InChI is InChI=1S/C31H52N2O5S.ClH/c1-10-29(8)15-22(38-23(35)16-39-28(6,7)17-33-27(37)24(32)18(2)3)30(9)19(4)11-13-31(20(5)26(29)36)14-12-21(34)25(30)31;/h10,18-20,22,24-26,36H,1,11-17,32H2,2-9H3,(H,33,37);1H/t19?,20?,22?,24?,25?,26?,29-,30+,31+;/m1./s1. The molecule has 3 fully saturated rings. The number of ether oxygens (including phenoxy) is 1. The summed E-state index contributed by atoms with van der Waals surface area (Å²) in [5.74, 6) is -0.243. The summed E-state index contributed by atoms with van der Waals surface area (Å²) in [7, 11) is 0. The zero-order valence-corrected chi connectivity index (χ0v) is 27.4. The topological polar surface area (TPSA) is 119 Å². The molecule has 0 aliphatic heterocycles. The summed E-state index contributed by atoms with van der Waals surface area (Å²) in [6, 6.07) is -0.573. The molecule has 9 atom stereocenters. The molecule has 0 aromatic carbocycles. The fourth-order valence-electron chi connectivity index (χ4n) is 7.72. The second-order valence-electron chi connectivity index (χ2n) is 14.1. The lowest BCUT2D eigenvalue weighted by Crippen LogP contribution is -2.63. The highest BCUT2D eigenvalue weighted by atomic mass is 35.5. The summed E-state index contributed by atoms with van der Waals surface area (Å²) < 4.78 is 5.92. The van der Waals surface area contributed by atoms with E-state index in [1.807, 2.05) is 40.7 Å². The lowest BCUT2D eigenvalue weighted by molar-refractivity contribution is -0.205. The van der Waals surface area contributed by atoms with Crippen LogP contribution in [0.1, 0.15) is 87.5 Å². The van der Waals surface area contributed by atoms with Crippen molar-refractivity contribution in [2.45, 2.75) is 110 Å². The molecule has 0 spiro atoms. The Morgan fingerprint density at radius 1 is 1.27 bits per heavy atom. The van der Waals surface area contributed by atoms with Crippen LogP contribution >= 0.6 is 24.2 Å². The highest BCUT2D eigenvalue weighted by molar-refractivity contribution is 8.01. The molecule has 0 aromatic heterocycles. The fraction of sp³-hybridized carbons (Fsp3) is 0.839. The highest BCUT2D eigenvalue weighted by Crippen LogP contribution is 2.68. The van der Waals surface area contributed by atoms with Crippen LogP contribution in [0.2, 0.25) is 0 Å². The lowest BCUT2D eigenvalue weighted by atomic mass is 9.44. The van der Waals surface area contributed by atoms with Crippen LogP contribution in [-0.2, 0) is 19.1 Å². The summed E-state index contributed by atoms with van der Waals surface area (Å²) >= 11 is 1.43. The van der Waals surface area contributed by atoms with E-state index >= 15 is 0 Å². The number of nitrogens with one attached hydrogen (secondary N) is 1. The average Bonchev–Trinajstić information content (AvgIpc) is 3.24. The first-order valence-electron chi connectivity index (χ1n) is 14.7. The number of Topliss-reactive ketones (excluding diaryl/α,β-unsaturated/α-hetero) is 1. The van der Waals surface area contributed by atoms with Gasteiger partial charge in [-0.05, 0) is 62.7 Å². The molecule has 0 aromatic rings. The molecule has 6 unspecified atom stereocenters. The van der Waals surface area contributed by atoms with Gasteiger partial charge in [0.25, 0.3) is 0 Å². The van der Waals surface area contributed by atoms with E-state index in [-0.39, 0.29) is 64.9 Å². The van der Waals surface area contributed by atoms with Crippen molar-refractivity contribution in [3.8, 4) is 0 Å². The molecule has 3 aliphatic carbocycles. The first kappa shape index (κ1) is 35.1. The van der Waals surface area contributed by atoms with E-state index in [0.717, 1.165) is 19.3 Å². The maximum absolute atomic E-state index is 13.5. The van der Waals surface area contributed by atoms with Crippen LogP contribution in [0.4, 0.5) is 0 Å². The van der Waals surface area contributed by atoms with Gasteiger partial charge in [-0.25, -0.2) is 0 Å². The highest BCUT2D eigenvalue weighted by Gasteiger charge is 2.68. The number of carbonyl (C=O) groups is 3. The van der Waals surface area contributed by atoms with Gasteiger partial charge in [-0.3, -0.25) is 14.4 Å². The average molecular weight is 601 g/mol. The van der Waals surface area contributed by atoms with Crippen LogP contribution in [-0.4, -0.2) is 58.1 Å². The second-order valence-corrected chi connectivity index (χ2v) is 15.8. The number of halogens is 1. The Morgan fingerprint density at radius 2 is 1.90 bits per heavy atom. The van der Waals surface area contributed by atoms with Gasteiger partial charge in [-0.15, -0.1) is 30.7 Å². The summed E-state index contributed by atoms with van der Waals surface area (Å²) in [5, 5.41) is 14.6. The summed E-state index contributed by atoms with van der Waals surface area (Å²) in [6.45, 7) is 20.7. The minimum absolute atomic E-state index is 0. The molecule has 0 heterocycles. The van der Waals surface area contributed by atoms with Crippen molar-refractivity contribution in [3.05, 3.63) is 12.7 Å². The Hall–Kier alpha value is -1.09. The van der Waals surface area contributed by atoms with Gasteiger partial charge in [0, 0.05) is 34.5 Å². The van der Waals surface area contributed by atoms with Crippen molar-refractivity contribution < 1.29 is 24.2 Å². The molecule has 4 N–H and O–H groups in total. The second kappa shape index (κ2) is 12.6. The fourth-order valence-corrected chi connectivity index (χ4v) is 8.47. The number of hydrogen-bond acceptors (Lipinski definition) is 7. The molecular weight excluding hydrogens is 548 g/mol. The Kier molecular flexibility index (Phi) is 11.1. The van der Waals surface area contributed by atoms with Gasteiger partial charge in [0.1, 0.15) is 11.9 Å². The number of ketones is 1. The van der Waals surface area contributed by atoms with Crippen molar-refractivity contribution in [2.75, 3.05) is 12.3 Å². The number of esters is 1. The van der Waals surface area contributed by atoms with Gasteiger partial charge in [-0.2, -0.15) is 0 Å². The van der Waals surface area contributed by atoms with E-state index in [1.54, 1.807) is 0 Å². The molecule has 2 bridgehead atoms. The normalized spacial score (nSPS) is 38.4. The van der Waals surface area contributed by atoms with Gasteiger partial charge in [-0.1, -0.05) is 47.6 Å². The number of hydrogen-bond donors (Lipinski definition) is 3. The number of rotatable bonds is 9. The number of nitrogens with two attached hydrogens (primary N) is 1. The molecule has 3 rings (SSSR count). The SMILES string of the molecule is C=C[C@]1(C)CC(OC(=O)CSC(C)(C)CNC(=O)C(N)C(C)C)[C@]2(C)C(C)CC[C@]3(CCC(=O)C32)C(C)C1O.Cl. The third-order valence-electron chi connectivity index (χ3n) is 10.9. The van der Waals surface area contributed by atoms with Gasteiger partial charge in [0.2, 0.25) is 5.91 Å². The smallest absolute Gasteiger partial charge is 0.316 e. The quantitative estimate of drug-likeness (QED) is 0.254. The van der Waals surface area contributed by atoms with Crippen LogP contribution in [0, 0.1) is 39.9 Å². The van der Waals surface area contributed by atoms with Crippen molar-refractivity contribution in [2.24, 2.45) is 45.7 Å². The number of carbonyl (C=O) groups excluding carboxylic acids is 3. The van der Waals surface area contributed by atoms with Gasteiger partial charge in [0.15, 0.2) is 0 Å². The molecule has 230 valence electrons. The van der Waals surface area contributed by atoms with E-state index in [4.69, 9.17) is 10.5 Å². The maximum Gasteiger partial charge on any atom is 0.316 e. The van der Waals surface area contributed by atoms with Crippen LogP contribution in [0.15, 0.2) is 12.7 Å². The number of aliphatic hydroxyl groups excluding tert-OH is 1. The molecule has 0 saturated heterocycles. The first-order chi connectivity index (χ1) is 17.9. The minimum Gasteiger partial charge on any atom is -0.461 e. The zero-order chi connectivity index (χ0) is 29.6. The third kappa shape index (κ3) is 6.30. The van der Waals surface area contributed by atoms with Crippen molar-refractivity contribution in [3.63, 3.8) is 0 Å². The predicted molar refractivity (Wildman–Crippen MR) is 164 cm³/mol. The van der Waals surface area contributed by atoms with E-state index in [9.17, 15) is 19.5 Å². The minimum atomic E-state index is -0.684. The van der Waals surface area contributed by atoms with Crippen molar-refractivity contribution in [1.82, 2.24) is 5.32 Å². The number of thioether (sulfide) groups is 1. The Morgan fingerprint density at radius 3 is 2.48 bits per heavy atom. The Bertz CT molecular complexity index is 975. The molecule has 3 saturated carbocycles. The summed E-state index contributed by atoms with van der Waals surface area (Å²) in [6.07, 6.45) is 4.17. The largest absolute Gasteiger partial charge is 0.461 e. The monoisotopic (exact) mass is 600 g/mol. The third-order valence-corrected chi connectivity index (χ3v) is 12.2. The molecule has 3 aliphatic rings. The molecule has 9 heteroatoms. The molecular formula is C31H53ClN2O5S. The molecule has 7 nitrogen and oxygen atoms in total. The van der Waals surface area contributed by atoms with Crippen LogP contribution in [0.5, 0.6) is 0 Å². The van der Waals surface area contributed by atoms with Crippen molar-refractivity contribution in [1.29, 1.82) is 0 Å². The summed E-state index contributed by atoms with van der Waals surface area (Å²) in [4.78, 5) is 39.2. The van der Waals surface area contributed by atoms with Crippen molar-refractivity contribution >= 4 is 41.8 Å². The Labute approximate surface area is 252 Å². The van der Waals surface area contributed by atoms with Crippen LogP contribution in [0.25, 0.3) is 0 Å². The van der Waals surface area contributed by atoms with Gasteiger partial charge < -0.3 is 20.9 Å². The molecule has 40 heavy (non-hydrogen) atoms. The van der Waals surface area contributed by atoms with Gasteiger partial charge >= 0.3 is 5.97 Å². The van der Waals surface area contributed by atoms with E-state index < -0.39 is 33.8 Å². The Balaban J connectivity index is 0.00000560. The predicted octanol–water partition coefficient (Wildman–Crippen LogP) is 4.93. The lowest BCUT2D eigenvalue weighted by Gasteiger charge is -2.61. The van der Waals surface area contributed by atoms with E-state index in [1.165, 1.54) is 11.8 Å². The van der Waals surface area contributed by atoms with Gasteiger partial charge in [0.05, 0.1) is 17.9 Å². The molecule has 0 radical (unpaired) electrons. The first-order valence-corrected chi connectivity index (χ1v) is 15.6. The van der Waals surface area contributed by atoms with E-state index in [0.29, 0.717) is 19.4 Å². The van der Waals surface area contributed by atoms with Crippen LogP contribution < -0.4 is 11.1 Å². The van der Waals surface area contributed by atoms with Crippen LogP contribution in [0.3, 0.4) is 0 Å². The van der Waals surface area contributed by atoms with E-state index in [2.05, 4.69) is 32.7 Å². The summed E-state index contributed by atoms with van der Waals surface area (Å²) in [5.41, 5.74) is 4.49. The molecule has 1 amide bonds. The maximum atomic E-state index is 13.5. The zero-order valence-electron chi connectivity index (χ0n) is 25.7. The number of amides is 1.